The molecule has 4 fully saturated rings. The van der Waals surface area contributed by atoms with Crippen molar-refractivity contribution in [1.82, 2.24) is 0 Å². The summed E-state index contributed by atoms with van der Waals surface area (Å²) < 4.78 is 5.59. The van der Waals surface area contributed by atoms with Crippen LogP contribution in [0.15, 0.2) is 36.4 Å². The highest BCUT2D eigenvalue weighted by Crippen LogP contribution is 2.56. The van der Waals surface area contributed by atoms with Gasteiger partial charge >= 0.3 is 5.97 Å². The molecular formula is C27H24Cl2N2O5. The van der Waals surface area contributed by atoms with Crippen LogP contribution in [0.25, 0.3) is 0 Å². The van der Waals surface area contributed by atoms with Crippen molar-refractivity contribution in [2.75, 3.05) is 16.3 Å². The Hall–Kier alpha value is -2.90. The highest BCUT2D eigenvalue weighted by Gasteiger charge is 2.61. The fourth-order valence-corrected chi connectivity index (χ4v) is 6.96. The van der Waals surface area contributed by atoms with Crippen molar-refractivity contribution >= 4 is 58.3 Å². The lowest BCUT2D eigenvalue weighted by Gasteiger charge is -2.20. The number of imide groups is 1. The maximum Gasteiger partial charge on any atom is 0.316 e. The topological polar surface area (TPSA) is 84.0 Å². The molecule has 0 spiro atoms. The number of esters is 1. The molecule has 0 radical (unpaired) electrons. The van der Waals surface area contributed by atoms with E-state index in [-0.39, 0.29) is 42.5 Å². The number of anilines is 2. The largest absolute Gasteiger partial charge is 0.426 e. The molecule has 0 N–H and O–H groups in total. The van der Waals surface area contributed by atoms with Gasteiger partial charge in [0, 0.05) is 18.0 Å². The third-order valence-corrected chi connectivity index (χ3v) is 8.77. The average Bonchev–Trinajstić information content (AvgIpc) is 3.60. The number of amides is 3. The van der Waals surface area contributed by atoms with Gasteiger partial charge in [-0.05, 0) is 80.0 Å². The molecule has 6 rings (SSSR count). The molecule has 9 heteroatoms. The van der Waals surface area contributed by atoms with Crippen molar-refractivity contribution < 1.29 is 23.9 Å². The summed E-state index contributed by atoms with van der Waals surface area (Å²) in [5.74, 6) is -1.09. The van der Waals surface area contributed by atoms with Crippen molar-refractivity contribution in [1.29, 1.82) is 0 Å². The van der Waals surface area contributed by atoms with Crippen molar-refractivity contribution in [3.63, 3.8) is 0 Å². The Labute approximate surface area is 218 Å². The molecule has 2 aliphatic heterocycles. The lowest BCUT2D eigenvalue weighted by molar-refractivity contribution is -0.139. The first-order chi connectivity index (χ1) is 17.2. The van der Waals surface area contributed by atoms with Crippen LogP contribution in [0.4, 0.5) is 11.4 Å². The van der Waals surface area contributed by atoms with E-state index in [1.54, 1.807) is 43.3 Å². The van der Waals surface area contributed by atoms with Gasteiger partial charge in [-0.3, -0.25) is 19.2 Å². The van der Waals surface area contributed by atoms with E-state index in [0.29, 0.717) is 44.6 Å². The molecule has 2 saturated carbocycles. The minimum Gasteiger partial charge on any atom is -0.426 e. The Morgan fingerprint density at radius 1 is 0.944 bits per heavy atom. The minimum absolute atomic E-state index is 0.000628. The second-order valence-electron chi connectivity index (χ2n) is 10.3. The van der Waals surface area contributed by atoms with Crippen LogP contribution in [0.3, 0.4) is 0 Å². The van der Waals surface area contributed by atoms with Gasteiger partial charge in [0.25, 0.3) is 0 Å². The van der Waals surface area contributed by atoms with Gasteiger partial charge in [0.15, 0.2) is 0 Å². The molecule has 2 heterocycles. The monoisotopic (exact) mass is 526 g/mol. The third kappa shape index (κ3) is 3.63. The van der Waals surface area contributed by atoms with E-state index >= 15 is 0 Å². The molecule has 2 aromatic carbocycles. The second-order valence-corrected chi connectivity index (χ2v) is 11.1. The standard InChI is InChI=1S/C27H24Cl2N2O5/c1-13-8-18(5-7-20(13)31-25(33)23-14-2-3-15(9-14)24(23)26(31)34)36-27(35)16-10-22(32)30(12-16)21-11-17(28)4-6-19(21)29/h4-8,11,14-16,23-24H,2-3,9-10,12H2,1H3/t14-,15-,16+,23-,24+/m0/s1. The Bertz CT molecular complexity index is 1300. The quantitative estimate of drug-likeness (QED) is 0.324. The lowest BCUT2D eigenvalue weighted by Crippen LogP contribution is -2.33. The molecule has 7 nitrogen and oxygen atoms in total. The van der Waals surface area contributed by atoms with E-state index in [1.165, 1.54) is 9.80 Å². The summed E-state index contributed by atoms with van der Waals surface area (Å²) in [5.41, 5.74) is 1.67. The van der Waals surface area contributed by atoms with Crippen molar-refractivity contribution in [2.45, 2.75) is 32.6 Å². The molecule has 36 heavy (non-hydrogen) atoms. The second kappa shape index (κ2) is 8.60. The normalized spacial score (nSPS) is 28.9. The van der Waals surface area contributed by atoms with Gasteiger partial charge < -0.3 is 9.64 Å². The number of ether oxygens (including phenoxy) is 1. The van der Waals surface area contributed by atoms with Crippen LogP contribution in [0.2, 0.25) is 10.0 Å². The fourth-order valence-electron chi connectivity index (χ4n) is 6.58. The number of nitrogens with zero attached hydrogens (tertiary/aromatic N) is 2. The average molecular weight is 527 g/mol. The van der Waals surface area contributed by atoms with Gasteiger partial charge in [-0.2, -0.15) is 0 Å². The van der Waals surface area contributed by atoms with E-state index in [9.17, 15) is 19.2 Å². The fraction of sp³-hybridized carbons (Fsp3) is 0.407. The van der Waals surface area contributed by atoms with Gasteiger partial charge in [0.05, 0.1) is 34.2 Å². The summed E-state index contributed by atoms with van der Waals surface area (Å²) in [6.07, 6.45) is 3.04. The summed E-state index contributed by atoms with van der Waals surface area (Å²) in [6.45, 7) is 1.93. The molecule has 5 atom stereocenters. The van der Waals surface area contributed by atoms with E-state index in [1.807, 2.05) is 0 Å². The first-order valence-electron chi connectivity index (χ1n) is 12.2. The lowest BCUT2D eigenvalue weighted by atomic mass is 9.81. The molecule has 2 aromatic rings. The van der Waals surface area contributed by atoms with Crippen LogP contribution in [0.5, 0.6) is 5.75 Å². The Balaban J connectivity index is 1.16. The van der Waals surface area contributed by atoms with Crippen LogP contribution in [0.1, 0.15) is 31.2 Å². The molecular weight excluding hydrogens is 503 g/mol. The molecule has 0 aromatic heterocycles. The highest BCUT2D eigenvalue weighted by molar-refractivity contribution is 6.36. The SMILES string of the molecule is Cc1cc(OC(=O)[C@@H]2CC(=O)N(c3cc(Cl)ccc3Cl)C2)ccc1N1C(=O)[C@@H]2[C@H]3CC[C@@H](C3)[C@@H]2C1=O. The van der Waals surface area contributed by atoms with Gasteiger partial charge in [-0.15, -0.1) is 0 Å². The third-order valence-electron chi connectivity index (χ3n) is 8.21. The van der Waals surface area contributed by atoms with Gasteiger partial charge in [-0.1, -0.05) is 23.2 Å². The van der Waals surface area contributed by atoms with Gasteiger partial charge in [0.1, 0.15) is 5.75 Å². The number of carbonyl (C=O) groups excluding carboxylic acids is 4. The Morgan fingerprint density at radius 2 is 1.64 bits per heavy atom. The number of benzene rings is 2. The smallest absolute Gasteiger partial charge is 0.316 e. The van der Waals surface area contributed by atoms with Crippen molar-refractivity contribution in [2.24, 2.45) is 29.6 Å². The van der Waals surface area contributed by atoms with Crippen LogP contribution in [0, 0.1) is 36.5 Å². The number of halogens is 2. The van der Waals surface area contributed by atoms with Crippen molar-refractivity contribution in [3.05, 3.63) is 52.0 Å². The predicted molar refractivity (Wildman–Crippen MR) is 134 cm³/mol. The number of rotatable bonds is 4. The van der Waals surface area contributed by atoms with E-state index in [0.717, 1.165) is 19.3 Å². The Kier molecular flexibility index (Phi) is 5.61. The molecule has 4 aliphatic rings. The maximum atomic E-state index is 13.2. The summed E-state index contributed by atoms with van der Waals surface area (Å²) in [4.78, 5) is 54.6. The maximum absolute atomic E-state index is 13.2. The van der Waals surface area contributed by atoms with Gasteiger partial charge in [-0.25, -0.2) is 4.90 Å². The number of aryl methyl sites for hydroxylation is 1. The zero-order valence-electron chi connectivity index (χ0n) is 19.6. The number of fused-ring (bicyclic) bond motifs is 5. The van der Waals surface area contributed by atoms with Gasteiger partial charge in [0.2, 0.25) is 17.7 Å². The van der Waals surface area contributed by atoms with E-state index < -0.39 is 11.9 Å². The van der Waals surface area contributed by atoms with Crippen LogP contribution >= 0.6 is 23.2 Å². The van der Waals surface area contributed by atoms with E-state index in [4.69, 9.17) is 27.9 Å². The summed E-state index contributed by atoms with van der Waals surface area (Å²) >= 11 is 12.3. The first kappa shape index (κ1) is 23.5. The predicted octanol–water partition coefficient (Wildman–Crippen LogP) is 4.80. The van der Waals surface area contributed by atoms with Crippen LogP contribution in [-0.2, 0) is 19.2 Å². The molecule has 2 bridgehead atoms. The first-order valence-corrected chi connectivity index (χ1v) is 12.9. The number of hydrogen-bond donors (Lipinski definition) is 0. The van der Waals surface area contributed by atoms with Crippen LogP contribution < -0.4 is 14.5 Å². The minimum atomic E-state index is -0.663. The number of hydrogen-bond acceptors (Lipinski definition) is 5. The summed E-state index contributed by atoms with van der Waals surface area (Å²) in [7, 11) is 0. The molecule has 3 amide bonds. The Morgan fingerprint density at radius 3 is 2.31 bits per heavy atom. The number of carbonyl (C=O) groups is 4. The van der Waals surface area contributed by atoms with E-state index in [2.05, 4.69) is 0 Å². The molecule has 0 unspecified atom stereocenters. The molecule has 2 saturated heterocycles. The molecule has 2 aliphatic carbocycles. The summed E-state index contributed by atoms with van der Waals surface area (Å²) in [5, 5.41) is 0.811. The zero-order chi connectivity index (χ0) is 25.3. The zero-order valence-corrected chi connectivity index (χ0v) is 21.1. The highest BCUT2D eigenvalue weighted by atomic mass is 35.5. The molecule has 186 valence electrons. The van der Waals surface area contributed by atoms with Crippen LogP contribution in [-0.4, -0.2) is 30.2 Å². The summed E-state index contributed by atoms with van der Waals surface area (Å²) in [6, 6.07) is 9.74. The van der Waals surface area contributed by atoms with Crippen molar-refractivity contribution in [3.8, 4) is 5.75 Å².